The fourth-order valence-corrected chi connectivity index (χ4v) is 5.89. The number of anilines is 1. The highest BCUT2D eigenvalue weighted by Gasteiger charge is 2.35. The Balaban J connectivity index is 1.24. The molecule has 3 aliphatic rings. The SMILES string of the molecule is O=C1N[C@@H](c2ccc3c(c2)OCO3)Nc2sc3c(c21)CC[NH+](Cc1ccccc1)C3. The topological polar surface area (TPSA) is 64.0 Å². The van der Waals surface area contributed by atoms with Crippen molar-refractivity contribution in [3.05, 3.63) is 75.7 Å². The van der Waals surface area contributed by atoms with Gasteiger partial charge in [-0.25, -0.2) is 0 Å². The number of hydrogen-bond acceptors (Lipinski definition) is 5. The number of carbonyl (C=O) groups excluding carboxylic acids is 1. The summed E-state index contributed by atoms with van der Waals surface area (Å²) in [5.41, 5.74) is 4.38. The number of amides is 1. The molecule has 0 saturated heterocycles. The Bertz CT molecular complexity index is 1130. The summed E-state index contributed by atoms with van der Waals surface area (Å²) in [5, 5.41) is 7.64. The van der Waals surface area contributed by atoms with E-state index < -0.39 is 0 Å². The van der Waals surface area contributed by atoms with Gasteiger partial charge in [0.1, 0.15) is 24.3 Å². The predicted molar refractivity (Wildman–Crippen MR) is 114 cm³/mol. The molecule has 6 nitrogen and oxygen atoms in total. The number of fused-ring (bicyclic) bond motifs is 4. The van der Waals surface area contributed by atoms with Crippen LogP contribution in [-0.4, -0.2) is 19.2 Å². The summed E-state index contributed by atoms with van der Waals surface area (Å²) in [4.78, 5) is 15.9. The first-order valence-corrected chi connectivity index (χ1v) is 11.1. The fourth-order valence-electron chi connectivity index (χ4n) is 4.54. The molecule has 0 aliphatic carbocycles. The van der Waals surface area contributed by atoms with E-state index in [4.69, 9.17) is 9.47 Å². The minimum Gasteiger partial charge on any atom is -0.454 e. The van der Waals surface area contributed by atoms with E-state index in [1.807, 2.05) is 18.2 Å². The lowest BCUT2D eigenvalue weighted by atomic mass is 10.00. The van der Waals surface area contributed by atoms with Crippen molar-refractivity contribution in [2.75, 3.05) is 18.7 Å². The number of nitrogens with one attached hydrogen (secondary N) is 3. The maximum absolute atomic E-state index is 13.0. The highest BCUT2D eigenvalue weighted by Crippen LogP contribution is 2.40. The van der Waals surface area contributed by atoms with Crippen LogP contribution in [0, 0.1) is 0 Å². The van der Waals surface area contributed by atoms with Crippen LogP contribution in [-0.2, 0) is 19.5 Å². The molecule has 30 heavy (non-hydrogen) atoms. The quantitative estimate of drug-likeness (QED) is 0.609. The van der Waals surface area contributed by atoms with E-state index >= 15 is 0 Å². The smallest absolute Gasteiger partial charge is 0.256 e. The first-order chi connectivity index (χ1) is 14.7. The van der Waals surface area contributed by atoms with E-state index in [0.717, 1.165) is 53.7 Å². The number of carbonyl (C=O) groups is 1. The number of ether oxygens (including phenoxy) is 2. The van der Waals surface area contributed by atoms with Crippen LogP contribution >= 0.6 is 11.3 Å². The summed E-state index contributed by atoms with van der Waals surface area (Å²) in [6, 6.07) is 16.4. The molecule has 3 aromatic rings. The molecule has 6 rings (SSSR count). The van der Waals surface area contributed by atoms with E-state index in [2.05, 4.69) is 41.0 Å². The third kappa shape index (κ3) is 3.02. The molecular formula is C23H22N3O3S+. The lowest BCUT2D eigenvalue weighted by Gasteiger charge is -2.27. The normalized spacial score (nSPS) is 21.4. The molecule has 7 heteroatoms. The zero-order valence-electron chi connectivity index (χ0n) is 16.4. The Morgan fingerprint density at radius 1 is 1.07 bits per heavy atom. The molecule has 0 fully saturated rings. The fraction of sp³-hybridized carbons (Fsp3) is 0.261. The van der Waals surface area contributed by atoms with E-state index in [1.54, 1.807) is 16.2 Å². The third-order valence-electron chi connectivity index (χ3n) is 6.03. The van der Waals surface area contributed by atoms with Gasteiger partial charge in [-0.15, -0.1) is 11.3 Å². The highest BCUT2D eigenvalue weighted by atomic mass is 32.1. The van der Waals surface area contributed by atoms with E-state index in [0.29, 0.717) is 0 Å². The van der Waals surface area contributed by atoms with Crippen LogP contribution in [0.25, 0.3) is 0 Å². The van der Waals surface area contributed by atoms with E-state index in [9.17, 15) is 4.79 Å². The molecule has 0 radical (unpaired) electrons. The third-order valence-corrected chi connectivity index (χ3v) is 7.20. The number of hydrogen-bond donors (Lipinski definition) is 3. The average molecular weight is 421 g/mol. The van der Waals surface area contributed by atoms with Gasteiger partial charge in [0.15, 0.2) is 11.5 Å². The Morgan fingerprint density at radius 3 is 2.83 bits per heavy atom. The van der Waals surface area contributed by atoms with Crippen molar-refractivity contribution in [1.29, 1.82) is 0 Å². The van der Waals surface area contributed by atoms with Crippen molar-refractivity contribution < 1.29 is 19.2 Å². The van der Waals surface area contributed by atoms with Crippen molar-refractivity contribution in [2.45, 2.75) is 25.7 Å². The molecule has 0 bridgehead atoms. The summed E-state index contributed by atoms with van der Waals surface area (Å²) in [7, 11) is 0. The predicted octanol–water partition coefficient (Wildman–Crippen LogP) is 2.47. The number of quaternary nitrogens is 1. The Hall–Kier alpha value is -3.03. The van der Waals surface area contributed by atoms with Crippen molar-refractivity contribution in [2.24, 2.45) is 0 Å². The molecule has 3 aliphatic heterocycles. The molecular weight excluding hydrogens is 398 g/mol. The summed E-state index contributed by atoms with van der Waals surface area (Å²) >= 11 is 1.73. The van der Waals surface area contributed by atoms with Gasteiger partial charge in [0.05, 0.1) is 17.0 Å². The van der Waals surface area contributed by atoms with Gasteiger partial charge in [-0.2, -0.15) is 0 Å². The zero-order chi connectivity index (χ0) is 20.1. The van der Waals surface area contributed by atoms with Gasteiger partial charge in [0.25, 0.3) is 5.91 Å². The van der Waals surface area contributed by atoms with Crippen molar-refractivity contribution in [3.63, 3.8) is 0 Å². The number of thiophene rings is 1. The van der Waals surface area contributed by atoms with Crippen LogP contribution < -0.4 is 25.0 Å². The Morgan fingerprint density at radius 2 is 1.93 bits per heavy atom. The molecule has 3 N–H and O–H groups in total. The molecule has 2 aromatic carbocycles. The number of benzene rings is 2. The second-order valence-corrected chi connectivity index (χ2v) is 9.07. The summed E-state index contributed by atoms with van der Waals surface area (Å²) in [6.45, 7) is 3.27. The monoisotopic (exact) mass is 420 g/mol. The second kappa shape index (κ2) is 7.04. The van der Waals surface area contributed by atoms with Crippen LogP contribution in [0.4, 0.5) is 5.00 Å². The largest absolute Gasteiger partial charge is 0.454 e. The molecule has 152 valence electrons. The second-order valence-electron chi connectivity index (χ2n) is 7.96. The van der Waals surface area contributed by atoms with Gasteiger partial charge in [-0.1, -0.05) is 36.4 Å². The highest BCUT2D eigenvalue weighted by molar-refractivity contribution is 7.16. The van der Waals surface area contributed by atoms with E-state index in [1.165, 1.54) is 16.0 Å². The van der Waals surface area contributed by atoms with Crippen LogP contribution in [0.2, 0.25) is 0 Å². The van der Waals surface area contributed by atoms with Crippen LogP contribution in [0.1, 0.15) is 38.1 Å². The van der Waals surface area contributed by atoms with Crippen molar-refractivity contribution in [3.8, 4) is 11.5 Å². The zero-order valence-corrected chi connectivity index (χ0v) is 17.2. The minimum absolute atomic E-state index is 0.00965. The summed E-state index contributed by atoms with van der Waals surface area (Å²) in [5.74, 6) is 1.48. The van der Waals surface area contributed by atoms with Gasteiger partial charge in [-0.3, -0.25) is 4.79 Å². The van der Waals surface area contributed by atoms with Crippen LogP contribution in [0.5, 0.6) is 11.5 Å². The molecule has 2 atom stereocenters. The summed E-state index contributed by atoms with van der Waals surface area (Å²) in [6.07, 6.45) is 0.667. The van der Waals surface area contributed by atoms with Gasteiger partial charge < -0.3 is 25.0 Å². The Labute approximate surface area is 178 Å². The minimum atomic E-state index is -0.271. The lowest BCUT2D eigenvalue weighted by Crippen LogP contribution is -3.10. The molecule has 0 saturated carbocycles. The van der Waals surface area contributed by atoms with Gasteiger partial charge in [-0.05, 0) is 23.3 Å². The summed E-state index contributed by atoms with van der Waals surface area (Å²) < 4.78 is 10.9. The molecule has 4 heterocycles. The van der Waals surface area contributed by atoms with Gasteiger partial charge >= 0.3 is 0 Å². The number of rotatable bonds is 3. The van der Waals surface area contributed by atoms with Crippen molar-refractivity contribution >= 4 is 22.2 Å². The first kappa shape index (κ1) is 17.8. The first-order valence-electron chi connectivity index (χ1n) is 10.2. The molecule has 1 unspecified atom stereocenters. The van der Waals surface area contributed by atoms with Crippen LogP contribution in [0.15, 0.2) is 48.5 Å². The standard InChI is InChI=1S/C23H21N3O3S/c27-22-20-16-8-9-26(11-14-4-2-1-3-5-14)12-19(16)30-23(20)25-21(24-22)15-6-7-17-18(10-15)29-13-28-17/h1-7,10,21,25H,8-9,11-13H2,(H,24,27)/p+1/t21-/m1/s1. The molecule has 0 spiro atoms. The Kier molecular flexibility index (Phi) is 4.17. The van der Waals surface area contributed by atoms with Gasteiger partial charge in [0.2, 0.25) is 6.79 Å². The maximum Gasteiger partial charge on any atom is 0.256 e. The lowest BCUT2D eigenvalue weighted by molar-refractivity contribution is -0.929. The molecule has 1 amide bonds. The maximum atomic E-state index is 13.0. The van der Waals surface area contributed by atoms with Crippen LogP contribution in [0.3, 0.4) is 0 Å². The average Bonchev–Trinajstić information content (AvgIpc) is 3.37. The molecule has 1 aromatic heterocycles. The van der Waals surface area contributed by atoms with Crippen molar-refractivity contribution in [1.82, 2.24) is 5.32 Å². The van der Waals surface area contributed by atoms with E-state index in [-0.39, 0.29) is 18.9 Å². The van der Waals surface area contributed by atoms with Gasteiger partial charge in [0, 0.05) is 12.0 Å².